The Morgan fingerprint density at radius 1 is 1.57 bits per heavy atom. The first-order chi connectivity index (χ1) is 6.60. The molecule has 76 valence electrons. The van der Waals surface area contributed by atoms with Gasteiger partial charge in [-0.1, -0.05) is 0 Å². The highest BCUT2D eigenvalue weighted by Gasteiger charge is 2.15. The number of carboxylic acid groups (broad SMARTS) is 1. The van der Waals surface area contributed by atoms with Crippen LogP contribution in [0.25, 0.3) is 0 Å². The predicted octanol–water partition coefficient (Wildman–Crippen LogP) is 0.558. The zero-order chi connectivity index (χ0) is 10.7. The first kappa shape index (κ1) is 10.3. The lowest BCUT2D eigenvalue weighted by Gasteiger charge is -2.08. The van der Waals surface area contributed by atoms with Crippen LogP contribution in [0.2, 0.25) is 0 Å². The second-order valence-corrected chi connectivity index (χ2v) is 2.70. The van der Waals surface area contributed by atoms with Crippen molar-refractivity contribution in [2.24, 2.45) is 5.73 Å². The Morgan fingerprint density at radius 2 is 2.21 bits per heavy atom. The van der Waals surface area contributed by atoms with Gasteiger partial charge in [0.2, 0.25) is 0 Å². The van der Waals surface area contributed by atoms with Crippen molar-refractivity contribution in [3.8, 4) is 11.5 Å². The van der Waals surface area contributed by atoms with Crippen molar-refractivity contribution < 1.29 is 19.7 Å². The van der Waals surface area contributed by atoms with Crippen molar-refractivity contribution in [3.63, 3.8) is 0 Å². The Hall–Kier alpha value is -1.75. The average molecular weight is 197 g/mol. The number of carbonyl (C=O) groups is 1. The van der Waals surface area contributed by atoms with Crippen LogP contribution in [-0.2, 0) is 6.54 Å². The molecule has 0 aliphatic heterocycles. The van der Waals surface area contributed by atoms with E-state index in [0.717, 1.165) is 0 Å². The summed E-state index contributed by atoms with van der Waals surface area (Å²) in [5.74, 6) is -1.47. The topological polar surface area (TPSA) is 92.8 Å². The Labute approximate surface area is 80.7 Å². The van der Waals surface area contributed by atoms with Gasteiger partial charge in [-0.25, -0.2) is 4.79 Å². The number of aromatic carboxylic acids is 1. The van der Waals surface area contributed by atoms with Crippen molar-refractivity contribution in [1.29, 1.82) is 0 Å². The molecule has 0 aliphatic carbocycles. The van der Waals surface area contributed by atoms with E-state index in [4.69, 9.17) is 15.6 Å². The number of carboxylic acids is 1. The third kappa shape index (κ3) is 1.77. The maximum absolute atomic E-state index is 10.7. The van der Waals surface area contributed by atoms with Gasteiger partial charge in [0, 0.05) is 6.54 Å². The zero-order valence-electron chi connectivity index (χ0n) is 7.65. The molecule has 4 N–H and O–H groups in total. The van der Waals surface area contributed by atoms with Crippen LogP contribution in [-0.4, -0.2) is 23.3 Å². The standard InChI is InChI=1S/C9H11NO4/c1-14-7-3-5(4-10)2-6(8(7)11)9(12)13/h2-3,11H,4,10H2,1H3,(H,12,13). The van der Waals surface area contributed by atoms with Crippen molar-refractivity contribution in [3.05, 3.63) is 23.3 Å². The number of ether oxygens (including phenoxy) is 1. The largest absolute Gasteiger partial charge is 0.504 e. The molecule has 0 fully saturated rings. The molecule has 5 nitrogen and oxygen atoms in total. The highest BCUT2D eigenvalue weighted by Crippen LogP contribution is 2.31. The van der Waals surface area contributed by atoms with Gasteiger partial charge in [0.1, 0.15) is 5.56 Å². The van der Waals surface area contributed by atoms with Gasteiger partial charge >= 0.3 is 5.97 Å². The van der Waals surface area contributed by atoms with Gasteiger partial charge in [0.25, 0.3) is 0 Å². The summed E-state index contributed by atoms with van der Waals surface area (Å²) in [6.45, 7) is 0.191. The molecule has 0 bridgehead atoms. The zero-order valence-corrected chi connectivity index (χ0v) is 7.65. The Bertz CT molecular complexity index is 362. The lowest BCUT2D eigenvalue weighted by Crippen LogP contribution is -2.03. The van der Waals surface area contributed by atoms with Gasteiger partial charge in [-0.15, -0.1) is 0 Å². The predicted molar refractivity (Wildman–Crippen MR) is 49.5 cm³/mol. The van der Waals surface area contributed by atoms with Crippen molar-refractivity contribution in [2.45, 2.75) is 6.54 Å². The molecule has 0 atom stereocenters. The molecule has 0 spiro atoms. The summed E-state index contributed by atoms with van der Waals surface area (Å²) in [6.07, 6.45) is 0. The van der Waals surface area contributed by atoms with E-state index in [1.165, 1.54) is 19.2 Å². The monoisotopic (exact) mass is 197 g/mol. The molecule has 1 aromatic rings. The number of hydrogen-bond donors (Lipinski definition) is 3. The molecule has 14 heavy (non-hydrogen) atoms. The van der Waals surface area contributed by atoms with E-state index < -0.39 is 5.97 Å². The van der Waals surface area contributed by atoms with Gasteiger partial charge in [-0.3, -0.25) is 0 Å². The summed E-state index contributed by atoms with van der Waals surface area (Å²) < 4.78 is 4.81. The van der Waals surface area contributed by atoms with Crippen LogP contribution in [0.4, 0.5) is 0 Å². The van der Waals surface area contributed by atoms with Gasteiger partial charge < -0.3 is 20.7 Å². The second kappa shape index (κ2) is 3.97. The number of nitrogens with two attached hydrogens (primary N) is 1. The molecule has 0 heterocycles. The van der Waals surface area contributed by atoms with E-state index in [2.05, 4.69) is 0 Å². The molecule has 1 rings (SSSR count). The molecule has 0 saturated carbocycles. The summed E-state index contributed by atoms with van der Waals surface area (Å²) >= 11 is 0. The minimum absolute atomic E-state index is 0.116. The van der Waals surface area contributed by atoms with E-state index in [9.17, 15) is 9.90 Å². The molecule has 0 saturated heterocycles. The van der Waals surface area contributed by atoms with E-state index in [1.54, 1.807) is 0 Å². The number of benzene rings is 1. The summed E-state index contributed by atoms with van der Waals surface area (Å²) in [5.41, 5.74) is 5.75. The first-order valence-corrected chi connectivity index (χ1v) is 3.93. The van der Waals surface area contributed by atoms with Crippen molar-refractivity contribution in [2.75, 3.05) is 7.11 Å². The maximum Gasteiger partial charge on any atom is 0.339 e. The smallest absolute Gasteiger partial charge is 0.339 e. The van der Waals surface area contributed by atoms with Crippen LogP contribution in [0, 0.1) is 0 Å². The molecule has 1 aromatic carbocycles. The first-order valence-electron chi connectivity index (χ1n) is 3.93. The van der Waals surface area contributed by atoms with Crippen LogP contribution in [0.15, 0.2) is 12.1 Å². The SMILES string of the molecule is COc1cc(CN)cc(C(=O)O)c1O. The van der Waals surface area contributed by atoms with Crippen molar-refractivity contribution in [1.82, 2.24) is 0 Å². The lowest BCUT2D eigenvalue weighted by molar-refractivity contribution is 0.0693. The highest BCUT2D eigenvalue weighted by atomic mass is 16.5. The van der Waals surface area contributed by atoms with Gasteiger partial charge in [0.05, 0.1) is 7.11 Å². The fraction of sp³-hybridized carbons (Fsp3) is 0.222. The minimum atomic E-state index is -1.21. The highest BCUT2D eigenvalue weighted by molar-refractivity contribution is 5.92. The Kier molecular flexibility index (Phi) is 2.93. The van der Waals surface area contributed by atoms with Gasteiger partial charge in [0.15, 0.2) is 11.5 Å². The minimum Gasteiger partial charge on any atom is -0.504 e. The molecule has 0 radical (unpaired) electrons. The van der Waals surface area contributed by atoms with Crippen LogP contribution in [0.1, 0.15) is 15.9 Å². The normalized spacial score (nSPS) is 9.86. The fourth-order valence-electron chi connectivity index (χ4n) is 1.10. The molecular formula is C9H11NO4. The Balaban J connectivity index is 3.34. The quantitative estimate of drug-likeness (QED) is 0.658. The van der Waals surface area contributed by atoms with E-state index in [-0.39, 0.29) is 23.6 Å². The number of rotatable bonds is 3. The molecule has 0 aromatic heterocycles. The Morgan fingerprint density at radius 3 is 2.64 bits per heavy atom. The van der Waals surface area contributed by atoms with E-state index in [0.29, 0.717) is 5.56 Å². The van der Waals surface area contributed by atoms with E-state index >= 15 is 0 Å². The fourth-order valence-corrected chi connectivity index (χ4v) is 1.10. The van der Waals surface area contributed by atoms with Gasteiger partial charge in [-0.05, 0) is 17.7 Å². The molecule has 5 heteroatoms. The molecule has 0 aliphatic rings. The van der Waals surface area contributed by atoms with Gasteiger partial charge in [-0.2, -0.15) is 0 Å². The number of phenols is 1. The van der Waals surface area contributed by atoms with Crippen molar-refractivity contribution >= 4 is 5.97 Å². The second-order valence-electron chi connectivity index (χ2n) is 2.70. The maximum atomic E-state index is 10.7. The third-order valence-electron chi connectivity index (χ3n) is 1.82. The molecular weight excluding hydrogens is 186 g/mol. The molecule has 0 amide bonds. The van der Waals surface area contributed by atoms with Crippen LogP contribution in [0.3, 0.4) is 0 Å². The van der Waals surface area contributed by atoms with Crippen LogP contribution >= 0.6 is 0 Å². The number of aromatic hydroxyl groups is 1. The lowest BCUT2D eigenvalue weighted by atomic mass is 10.1. The third-order valence-corrected chi connectivity index (χ3v) is 1.82. The van der Waals surface area contributed by atoms with Crippen LogP contribution < -0.4 is 10.5 Å². The summed E-state index contributed by atoms with van der Waals surface area (Å²) in [5, 5.41) is 18.2. The molecule has 0 unspecified atom stereocenters. The summed E-state index contributed by atoms with van der Waals surface area (Å²) in [7, 11) is 1.35. The summed E-state index contributed by atoms with van der Waals surface area (Å²) in [4.78, 5) is 10.7. The number of hydrogen-bond acceptors (Lipinski definition) is 4. The van der Waals surface area contributed by atoms with Crippen LogP contribution in [0.5, 0.6) is 11.5 Å². The summed E-state index contributed by atoms with van der Waals surface area (Å²) in [6, 6.07) is 2.82. The number of methoxy groups -OCH3 is 1. The average Bonchev–Trinajstić information content (AvgIpc) is 2.17. The van der Waals surface area contributed by atoms with E-state index in [1.807, 2.05) is 0 Å².